The Morgan fingerprint density at radius 1 is 1.10 bits per heavy atom. The summed E-state index contributed by atoms with van der Waals surface area (Å²) in [7, 11) is 0. The van der Waals surface area contributed by atoms with Crippen molar-refractivity contribution in [3.63, 3.8) is 0 Å². The molecule has 0 radical (unpaired) electrons. The average Bonchev–Trinajstić information content (AvgIpc) is 2.81. The van der Waals surface area contributed by atoms with Crippen LogP contribution in [-0.2, 0) is 0 Å². The van der Waals surface area contributed by atoms with Crippen LogP contribution in [0.3, 0.4) is 0 Å². The zero-order valence-electron chi connectivity index (χ0n) is 12.4. The zero-order chi connectivity index (χ0) is 14.5. The summed E-state index contributed by atoms with van der Waals surface area (Å²) in [6.07, 6.45) is 6.93. The topological polar surface area (TPSA) is 41.1 Å². The number of hydrogen-bond acceptors (Lipinski definition) is 4. The van der Waals surface area contributed by atoms with Crippen molar-refractivity contribution in [2.45, 2.75) is 25.7 Å². The van der Waals surface area contributed by atoms with Crippen molar-refractivity contribution in [2.75, 3.05) is 29.9 Å². The van der Waals surface area contributed by atoms with Crippen LogP contribution in [0.4, 0.5) is 11.8 Å². The second-order valence-electron chi connectivity index (χ2n) is 5.46. The minimum Gasteiger partial charge on any atom is -0.366 e. The number of rotatable bonds is 4. The molecule has 0 aliphatic carbocycles. The molecule has 1 aromatic heterocycles. The van der Waals surface area contributed by atoms with Crippen molar-refractivity contribution in [3.05, 3.63) is 36.9 Å². The molecule has 1 aliphatic rings. The maximum atomic E-state index is 4.76. The van der Waals surface area contributed by atoms with E-state index in [0.717, 1.165) is 35.8 Å². The molecule has 1 aliphatic heterocycles. The van der Waals surface area contributed by atoms with E-state index in [1.807, 2.05) is 18.2 Å². The average molecular weight is 282 g/mol. The van der Waals surface area contributed by atoms with Crippen LogP contribution in [0.25, 0.3) is 10.9 Å². The zero-order valence-corrected chi connectivity index (χ0v) is 12.4. The highest BCUT2D eigenvalue weighted by molar-refractivity contribution is 5.90. The van der Waals surface area contributed by atoms with E-state index in [1.54, 1.807) is 0 Å². The summed E-state index contributed by atoms with van der Waals surface area (Å²) < 4.78 is 0. The van der Waals surface area contributed by atoms with Gasteiger partial charge in [-0.2, -0.15) is 4.98 Å². The Balaban J connectivity index is 1.99. The number of nitrogens with zero attached hydrogens (tertiary/aromatic N) is 3. The van der Waals surface area contributed by atoms with Crippen molar-refractivity contribution < 1.29 is 0 Å². The minimum atomic E-state index is 0.709. The molecular weight excluding hydrogens is 260 g/mol. The summed E-state index contributed by atoms with van der Waals surface area (Å²) >= 11 is 0. The van der Waals surface area contributed by atoms with Crippen LogP contribution >= 0.6 is 0 Å². The van der Waals surface area contributed by atoms with E-state index in [9.17, 15) is 0 Å². The molecule has 1 N–H and O–H groups in total. The summed E-state index contributed by atoms with van der Waals surface area (Å²) in [5.74, 6) is 1.75. The SMILES string of the molecule is C=CCNc1nc(N2CCCCCC2)nc2ccccc12. The van der Waals surface area contributed by atoms with E-state index in [1.165, 1.54) is 25.7 Å². The molecule has 1 aromatic carbocycles. The van der Waals surface area contributed by atoms with Gasteiger partial charge < -0.3 is 10.2 Å². The molecule has 0 atom stereocenters. The normalized spacial score (nSPS) is 15.7. The van der Waals surface area contributed by atoms with Gasteiger partial charge in [0.2, 0.25) is 5.95 Å². The molecule has 110 valence electrons. The second kappa shape index (κ2) is 6.57. The van der Waals surface area contributed by atoms with Gasteiger partial charge in [0.15, 0.2) is 0 Å². The lowest BCUT2D eigenvalue weighted by Crippen LogP contribution is -2.26. The molecule has 0 unspecified atom stereocenters. The van der Waals surface area contributed by atoms with Crippen LogP contribution in [0.2, 0.25) is 0 Å². The third-order valence-electron chi connectivity index (χ3n) is 3.89. The molecule has 21 heavy (non-hydrogen) atoms. The van der Waals surface area contributed by atoms with Crippen LogP contribution < -0.4 is 10.2 Å². The lowest BCUT2D eigenvalue weighted by molar-refractivity contribution is 0.726. The first-order chi connectivity index (χ1) is 10.4. The Labute approximate surface area is 125 Å². The van der Waals surface area contributed by atoms with Gasteiger partial charge in [-0.15, -0.1) is 6.58 Å². The van der Waals surface area contributed by atoms with Crippen molar-refractivity contribution in [1.29, 1.82) is 0 Å². The van der Waals surface area contributed by atoms with Gasteiger partial charge in [0.1, 0.15) is 5.82 Å². The number of benzene rings is 1. The van der Waals surface area contributed by atoms with E-state index in [-0.39, 0.29) is 0 Å². The second-order valence-corrected chi connectivity index (χ2v) is 5.46. The number of para-hydroxylation sites is 1. The molecule has 0 spiro atoms. The van der Waals surface area contributed by atoms with Gasteiger partial charge in [0, 0.05) is 25.0 Å². The van der Waals surface area contributed by atoms with Crippen molar-refractivity contribution in [1.82, 2.24) is 9.97 Å². The van der Waals surface area contributed by atoms with Gasteiger partial charge >= 0.3 is 0 Å². The maximum Gasteiger partial charge on any atom is 0.227 e. The standard InChI is InChI=1S/C17H22N4/c1-2-11-18-16-14-9-5-6-10-15(14)19-17(20-16)21-12-7-3-4-8-13-21/h2,5-6,9-10H,1,3-4,7-8,11-13H2,(H,18,19,20). The molecule has 0 saturated carbocycles. The van der Waals surface area contributed by atoms with Crippen molar-refractivity contribution in [3.8, 4) is 0 Å². The van der Waals surface area contributed by atoms with Gasteiger partial charge in [-0.25, -0.2) is 4.98 Å². The van der Waals surface area contributed by atoms with E-state index in [0.29, 0.717) is 6.54 Å². The highest BCUT2D eigenvalue weighted by Gasteiger charge is 2.15. The van der Waals surface area contributed by atoms with Crippen LogP contribution in [0.15, 0.2) is 36.9 Å². The van der Waals surface area contributed by atoms with E-state index in [4.69, 9.17) is 9.97 Å². The summed E-state index contributed by atoms with van der Waals surface area (Å²) in [5, 5.41) is 4.40. The van der Waals surface area contributed by atoms with Crippen molar-refractivity contribution >= 4 is 22.7 Å². The Kier molecular flexibility index (Phi) is 4.34. The Morgan fingerprint density at radius 2 is 1.86 bits per heavy atom. The monoisotopic (exact) mass is 282 g/mol. The molecule has 2 heterocycles. The molecular formula is C17H22N4. The third-order valence-corrected chi connectivity index (χ3v) is 3.89. The fraction of sp³-hybridized carbons (Fsp3) is 0.412. The number of aromatic nitrogens is 2. The predicted octanol–water partition coefficient (Wildman–Crippen LogP) is 3.61. The summed E-state index contributed by atoms with van der Waals surface area (Å²) in [5.41, 5.74) is 0.998. The van der Waals surface area contributed by atoms with Gasteiger partial charge in [0.05, 0.1) is 5.52 Å². The smallest absolute Gasteiger partial charge is 0.227 e. The molecule has 0 bridgehead atoms. The first-order valence-corrected chi connectivity index (χ1v) is 7.75. The number of anilines is 2. The maximum absolute atomic E-state index is 4.76. The number of hydrogen-bond donors (Lipinski definition) is 1. The molecule has 1 saturated heterocycles. The Hall–Kier alpha value is -2.10. The lowest BCUT2D eigenvalue weighted by atomic mass is 10.2. The molecule has 3 rings (SSSR count). The Morgan fingerprint density at radius 3 is 2.62 bits per heavy atom. The molecule has 1 fully saturated rings. The van der Waals surface area contributed by atoms with Gasteiger partial charge in [-0.3, -0.25) is 0 Å². The summed E-state index contributed by atoms with van der Waals surface area (Å²) in [6.45, 7) is 6.58. The fourth-order valence-corrected chi connectivity index (χ4v) is 2.78. The fourth-order valence-electron chi connectivity index (χ4n) is 2.78. The highest BCUT2D eigenvalue weighted by Crippen LogP contribution is 2.24. The van der Waals surface area contributed by atoms with Crippen LogP contribution in [0.1, 0.15) is 25.7 Å². The van der Waals surface area contributed by atoms with Crippen LogP contribution in [-0.4, -0.2) is 29.6 Å². The highest BCUT2D eigenvalue weighted by atomic mass is 15.3. The minimum absolute atomic E-state index is 0.709. The van der Waals surface area contributed by atoms with Crippen molar-refractivity contribution in [2.24, 2.45) is 0 Å². The largest absolute Gasteiger partial charge is 0.366 e. The molecule has 4 heteroatoms. The molecule has 0 amide bonds. The van der Waals surface area contributed by atoms with E-state index >= 15 is 0 Å². The first-order valence-electron chi connectivity index (χ1n) is 7.75. The van der Waals surface area contributed by atoms with E-state index in [2.05, 4.69) is 28.9 Å². The first kappa shape index (κ1) is 13.9. The van der Waals surface area contributed by atoms with Gasteiger partial charge in [-0.05, 0) is 25.0 Å². The van der Waals surface area contributed by atoms with Crippen LogP contribution in [0, 0.1) is 0 Å². The van der Waals surface area contributed by atoms with Gasteiger partial charge in [0.25, 0.3) is 0 Å². The summed E-state index contributed by atoms with van der Waals surface area (Å²) in [4.78, 5) is 11.8. The quantitative estimate of drug-likeness (QED) is 0.870. The predicted molar refractivity (Wildman–Crippen MR) is 88.9 cm³/mol. The Bertz CT molecular complexity index is 615. The molecule has 2 aromatic rings. The summed E-state index contributed by atoms with van der Waals surface area (Å²) in [6, 6.07) is 8.17. The molecule has 4 nitrogen and oxygen atoms in total. The number of fused-ring (bicyclic) bond motifs is 1. The van der Waals surface area contributed by atoms with E-state index < -0.39 is 0 Å². The lowest BCUT2D eigenvalue weighted by Gasteiger charge is -2.21. The number of nitrogens with one attached hydrogen (secondary N) is 1. The van der Waals surface area contributed by atoms with Crippen LogP contribution in [0.5, 0.6) is 0 Å². The third kappa shape index (κ3) is 3.15. The van der Waals surface area contributed by atoms with Gasteiger partial charge in [-0.1, -0.05) is 31.1 Å².